The van der Waals surface area contributed by atoms with Gasteiger partial charge in [-0.2, -0.15) is 0 Å². The minimum Gasteiger partial charge on any atom is -0.259 e. The van der Waals surface area contributed by atoms with Crippen molar-refractivity contribution in [1.29, 1.82) is 0 Å². The molecule has 1 aliphatic rings. The Bertz CT molecular complexity index is 585. The highest BCUT2D eigenvalue weighted by atomic mass is 15.4. The highest BCUT2D eigenvalue weighted by molar-refractivity contribution is 5.15. The topological polar surface area (TPSA) is 43.6 Å². The highest BCUT2D eigenvalue weighted by Crippen LogP contribution is 2.27. The zero-order chi connectivity index (χ0) is 13.1. The lowest BCUT2D eigenvalue weighted by atomic mass is 9.92. The molecule has 0 amide bonds. The Kier molecular flexibility index (Phi) is 3.40. The number of pyridine rings is 1. The van der Waals surface area contributed by atoms with Crippen molar-refractivity contribution in [3.05, 3.63) is 53.6 Å². The molecule has 0 aromatic carbocycles. The molecular formula is C15H18N4. The van der Waals surface area contributed by atoms with Gasteiger partial charge >= 0.3 is 0 Å². The molecule has 19 heavy (non-hydrogen) atoms. The fourth-order valence-electron chi connectivity index (χ4n) is 2.49. The van der Waals surface area contributed by atoms with Crippen molar-refractivity contribution < 1.29 is 0 Å². The zero-order valence-electron chi connectivity index (χ0n) is 11.2. The standard InChI is InChI=1S/C15H18N4/c1-12-7-8-16-14(9-12)10-19-11-15(17-18-19)13-5-3-2-4-6-13/h2-3,7-9,11,13H,4-6,10H2,1H3/t13-/m1/s1. The average molecular weight is 254 g/mol. The third-order valence-corrected chi connectivity index (χ3v) is 3.54. The SMILES string of the molecule is Cc1ccnc(Cn2cc([C@@H]3CC=CCC3)nn2)c1. The minimum atomic E-state index is 0.532. The number of allylic oxidation sites excluding steroid dienone is 2. The van der Waals surface area contributed by atoms with E-state index in [1.165, 1.54) is 12.0 Å². The Hall–Kier alpha value is -1.97. The molecule has 0 saturated heterocycles. The van der Waals surface area contributed by atoms with Gasteiger partial charge in [0.1, 0.15) is 0 Å². The first-order valence-electron chi connectivity index (χ1n) is 6.78. The molecule has 98 valence electrons. The summed E-state index contributed by atoms with van der Waals surface area (Å²) in [6.07, 6.45) is 11.8. The Labute approximate surface area is 113 Å². The van der Waals surface area contributed by atoms with Crippen molar-refractivity contribution in [2.45, 2.75) is 38.6 Å². The second-order valence-corrected chi connectivity index (χ2v) is 5.15. The summed E-state index contributed by atoms with van der Waals surface area (Å²) in [7, 11) is 0. The van der Waals surface area contributed by atoms with Crippen LogP contribution < -0.4 is 0 Å². The molecule has 0 spiro atoms. The number of rotatable bonds is 3. The van der Waals surface area contributed by atoms with Crippen LogP contribution in [0, 0.1) is 6.92 Å². The Morgan fingerprint density at radius 1 is 1.37 bits per heavy atom. The molecule has 0 fully saturated rings. The highest BCUT2D eigenvalue weighted by Gasteiger charge is 2.15. The number of hydrogen-bond acceptors (Lipinski definition) is 3. The quantitative estimate of drug-likeness (QED) is 0.791. The fourth-order valence-corrected chi connectivity index (χ4v) is 2.49. The van der Waals surface area contributed by atoms with Crippen molar-refractivity contribution in [1.82, 2.24) is 20.0 Å². The van der Waals surface area contributed by atoms with E-state index in [9.17, 15) is 0 Å². The molecule has 0 unspecified atom stereocenters. The van der Waals surface area contributed by atoms with Gasteiger partial charge in [-0.15, -0.1) is 5.10 Å². The average Bonchev–Trinajstić information content (AvgIpc) is 2.88. The van der Waals surface area contributed by atoms with E-state index in [0.717, 1.165) is 24.2 Å². The lowest BCUT2D eigenvalue weighted by Gasteiger charge is -2.13. The molecule has 0 bridgehead atoms. The first-order valence-corrected chi connectivity index (χ1v) is 6.78. The summed E-state index contributed by atoms with van der Waals surface area (Å²) in [6, 6.07) is 4.09. The molecule has 0 N–H and O–H groups in total. The molecule has 0 saturated carbocycles. The van der Waals surface area contributed by atoms with E-state index in [1.54, 1.807) is 0 Å². The van der Waals surface area contributed by atoms with Crippen LogP contribution in [0.5, 0.6) is 0 Å². The molecule has 4 nitrogen and oxygen atoms in total. The lowest BCUT2D eigenvalue weighted by Crippen LogP contribution is -2.03. The summed E-state index contributed by atoms with van der Waals surface area (Å²) < 4.78 is 1.88. The van der Waals surface area contributed by atoms with E-state index >= 15 is 0 Å². The summed E-state index contributed by atoms with van der Waals surface area (Å²) in [5.41, 5.74) is 3.36. The normalized spacial score (nSPS) is 18.7. The van der Waals surface area contributed by atoms with Crippen LogP contribution in [0.2, 0.25) is 0 Å². The van der Waals surface area contributed by atoms with Gasteiger partial charge in [0, 0.05) is 18.3 Å². The molecule has 0 radical (unpaired) electrons. The first-order chi connectivity index (χ1) is 9.31. The van der Waals surface area contributed by atoms with Gasteiger partial charge in [0.2, 0.25) is 0 Å². The third kappa shape index (κ3) is 2.89. The van der Waals surface area contributed by atoms with Crippen LogP contribution in [0.25, 0.3) is 0 Å². The summed E-state index contributed by atoms with van der Waals surface area (Å²) >= 11 is 0. The van der Waals surface area contributed by atoms with Crippen LogP contribution in [0.4, 0.5) is 0 Å². The van der Waals surface area contributed by atoms with Gasteiger partial charge in [-0.1, -0.05) is 17.4 Å². The maximum absolute atomic E-state index is 4.36. The number of aryl methyl sites for hydroxylation is 1. The maximum atomic E-state index is 4.36. The first kappa shape index (κ1) is 12.1. The van der Waals surface area contributed by atoms with E-state index in [1.807, 2.05) is 16.9 Å². The van der Waals surface area contributed by atoms with Crippen molar-refractivity contribution in [3.63, 3.8) is 0 Å². The fraction of sp³-hybridized carbons (Fsp3) is 0.400. The Morgan fingerprint density at radius 3 is 3.11 bits per heavy atom. The molecule has 4 heteroatoms. The van der Waals surface area contributed by atoms with E-state index in [-0.39, 0.29) is 0 Å². The zero-order valence-corrected chi connectivity index (χ0v) is 11.2. The van der Waals surface area contributed by atoms with Gasteiger partial charge in [-0.3, -0.25) is 4.98 Å². The summed E-state index contributed by atoms with van der Waals surface area (Å²) in [5.74, 6) is 0.532. The molecule has 0 aliphatic heterocycles. The van der Waals surface area contributed by atoms with Gasteiger partial charge in [-0.25, -0.2) is 4.68 Å². The van der Waals surface area contributed by atoms with E-state index in [2.05, 4.69) is 46.6 Å². The molecular weight excluding hydrogens is 236 g/mol. The summed E-state index contributed by atoms with van der Waals surface area (Å²) in [6.45, 7) is 2.77. The van der Waals surface area contributed by atoms with Crippen molar-refractivity contribution in [2.24, 2.45) is 0 Å². The van der Waals surface area contributed by atoms with E-state index in [0.29, 0.717) is 12.5 Å². The van der Waals surface area contributed by atoms with Gasteiger partial charge in [0.25, 0.3) is 0 Å². The summed E-state index contributed by atoms with van der Waals surface area (Å²) in [5, 5.41) is 8.53. The van der Waals surface area contributed by atoms with E-state index < -0.39 is 0 Å². The number of hydrogen-bond donors (Lipinski definition) is 0. The second-order valence-electron chi connectivity index (χ2n) is 5.15. The second kappa shape index (κ2) is 5.34. The minimum absolute atomic E-state index is 0.532. The van der Waals surface area contributed by atoms with Crippen molar-refractivity contribution in [3.8, 4) is 0 Å². The van der Waals surface area contributed by atoms with Crippen LogP contribution in [0.3, 0.4) is 0 Å². The van der Waals surface area contributed by atoms with Crippen LogP contribution in [0.15, 0.2) is 36.7 Å². The monoisotopic (exact) mass is 254 g/mol. The van der Waals surface area contributed by atoms with Crippen molar-refractivity contribution >= 4 is 0 Å². The van der Waals surface area contributed by atoms with Crippen molar-refractivity contribution in [2.75, 3.05) is 0 Å². The maximum Gasteiger partial charge on any atom is 0.0861 e. The molecule has 3 rings (SSSR count). The van der Waals surface area contributed by atoms with Gasteiger partial charge in [0.15, 0.2) is 0 Å². The smallest absolute Gasteiger partial charge is 0.0861 e. The third-order valence-electron chi connectivity index (χ3n) is 3.54. The Balaban J connectivity index is 1.72. The molecule has 2 heterocycles. The molecule has 2 aromatic rings. The van der Waals surface area contributed by atoms with Gasteiger partial charge < -0.3 is 0 Å². The van der Waals surface area contributed by atoms with Gasteiger partial charge in [0.05, 0.1) is 17.9 Å². The van der Waals surface area contributed by atoms with Crippen LogP contribution in [-0.2, 0) is 6.54 Å². The number of nitrogens with zero attached hydrogens (tertiary/aromatic N) is 4. The van der Waals surface area contributed by atoms with Crippen LogP contribution in [-0.4, -0.2) is 20.0 Å². The lowest BCUT2D eigenvalue weighted by molar-refractivity contribution is 0.598. The molecule has 2 aromatic heterocycles. The van der Waals surface area contributed by atoms with Crippen LogP contribution in [0.1, 0.15) is 42.1 Å². The largest absolute Gasteiger partial charge is 0.259 e. The number of aromatic nitrogens is 4. The van der Waals surface area contributed by atoms with Gasteiger partial charge in [-0.05, 0) is 43.9 Å². The van der Waals surface area contributed by atoms with Crippen LogP contribution >= 0.6 is 0 Å². The predicted molar refractivity (Wildman–Crippen MR) is 73.8 cm³/mol. The van der Waals surface area contributed by atoms with E-state index in [4.69, 9.17) is 0 Å². The Morgan fingerprint density at radius 2 is 2.32 bits per heavy atom. The molecule has 1 aliphatic carbocycles. The summed E-state index contributed by atoms with van der Waals surface area (Å²) in [4.78, 5) is 4.36. The predicted octanol–water partition coefficient (Wildman–Crippen LogP) is 2.85. The molecule has 1 atom stereocenters.